The maximum absolute atomic E-state index is 6.14. The summed E-state index contributed by atoms with van der Waals surface area (Å²) in [5.41, 5.74) is 7.90. The van der Waals surface area contributed by atoms with Gasteiger partial charge in [0.25, 0.3) is 0 Å². The van der Waals surface area contributed by atoms with Crippen molar-refractivity contribution in [3.05, 3.63) is 29.0 Å². The van der Waals surface area contributed by atoms with Crippen molar-refractivity contribution in [1.82, 2.24) is 9.55 Å². The van der Waals surface area contributed by atoms with Gasteiger partial charge < -0.3 is 10.3 Å². The molecule has 1 aromatic carbocycles. The van der Waals surface area contributed by atoms with E-state index in [0.717, 1.165) is 36.3 Å². The van der Waals surface area contributed by atoms with Crippen LogP contribution in [0.4, 0.5) is 0 Å². The van der Waals surface area contributed by atoms with Gasteiger partial charge in [0.1, 0.15) is 5.82 Å². The normalized spacial score (nSPS) is 16.8. The molecule has 1 unspecified atom stereocenters. The van der Waals surface area contributed by atoms with Crippen LogP contribution in [0, 0.1) is 5.92 Å². The van der Waals surface area contributed by atoms with Crippen molar-refractivity contribution < 1.29 is 0 Å². The number of fused-ring (bicyclic) bond motifs is 1. The van der Waals surface area contributed by atoms with Crippen LogP contribution in [0.3, 0.4) is 0 Å². The fourth-order valence-electron chi connectivity index (χ4n) is 2.84. The molecule has 3 rings (SSSR count). The van der Waals surface area contributed by atoms with Gasteiger partial charge in [-0.25, -0.2) is 4.98 Å². The summed E-state index contributed by atoms with van der Waals surface area (Å²) in [7, 11) is 0. The molecule has 1 aromatic heterocycles. The summed E-state index contributed by atoms with van der Waals surface area (Å²) in [4.78, 5) is 4.82. The summed E-state index contributed by atoms with van der Waals surface area (Å²) in [6.45, 7) is 3.05. The Morgan fingerprint density at radius 1 is 1.40 bits per heavy atom. The molecule has 3 nitrogen and oxygen atoms in total. The second-order valence-electron chi connectivity index (χ2n) is 5.98. The van der Waals surface area contributed by atoms with E-state index in [-0.39, 0.29) is 0 Å². The summed E-state index contributed by atoms with van der Waals surface area (Å²) in [5.74, 6) is 1.88. The van der Waals surface area contributed by atoms with Gasteiger partial charge in [0.05, 0.1) is 11.0 Å². The van der Waals surface area contributed by atoms with Crippen molar-refractivity contribution in [1.29, 1.82) is 0 Å². The van der Waals surface area contributed by atoms with Crippen LogP contribution < -0.4 is 5.73 Å². The first kappa shape index (κ1) is 13.9. The predicted molar refractivity (Wildman–Crippen MR) is 84.2 cm³/mol. The maximum atomic E-state index is 6.14. The molecule has 1 heterocycles. The Kier molecular flexibility index (Phi) is 3.99. The van der Waals surface area contributed by atoms with Crippen molar-refractivity contribution in [3.63, 3.8) is 0 Å². The highest BCUT2D eigenvalue weighted by molar-refractivity contribution is 6.31. The number of hydrogen-bond donors (Lipinski definition) is 1. The SMILES string of the molecule is CC(CCN)CCc1nc2ccc(Cl)cc2n1C1CC1. The predicted octanol–water partition coefficient (Wildman–Crippen LogP) is 3.94. The molecule has 1 atom stereocenters. The highest BCUT2D eigenvalue weighted by Crippen LogP contribution is 2.39. The Morgan fingerprint density at radius 2 is 2.20 bits per heavy atom. The molecule has 0 saturated heterocycles. The molecule has 1 saturated carbocycles. The van der Waals surface area contributed by atoms with E-state index < -0.39 is 0 Å². The lowest BCUT2D eigenvalue weighted by atomic mass is 10.0. The summed E-state index contributed by atoms with van der Waals surface area (Å²) in [6.07, 6.45) is 5.81. The Balaban J connectivity index is 1.87. The molecule has 0 spiro atoms. The third kappa shape index (κ3) is 2.84. The number of imidazole rings is 1. The van der Waals surface area contributed by atoms with Gasteiger partial charge >= 0.3 is 0 Å². The van der Waals surface area contributed by atoms with Gasteiger partial charge in [-0.1, -0.05) is 18.5 Å². The van der Waals surface area contributed by atoms with Crippen LogP contribution in [-0.4, -0.2) is 16.1 Å². The van der Waals surface area contributed by atoms with Gasteiger partial charge in [-0.2, -0.15) is 0 Å². The molecular formula is C16H22ClN3. The van der Waals surface area contributed by atoms with Crippen LogP contribution in [-0.2, 0) is 6.42 Å². The number of benzene rings is 1. The number of aromatic nitrogens is 2. The second kappa shape index (κ2) is 5.74. The molecule has 2 N–H and O–H groups in total. The molecule has 0 aliphatic heterocycles. The summed E-state index contributed by atoms with van der Waals surface area (Å²) in [6, 6.07) is 6.64. The zero-order valence-corrected chi connectivity index (χ0v) is 12.7. The Bertz CT molecular complexity index is 601. The number of nitrogens with two attached hydrogens (primary N) is 1. The zero-order chi connectivity index (χ0) is 14.1. The number of nitrogens with zero attached hydrogens (tertiary/aromatic N) is 2. The molecule has 0 amide bonds. The molecule has 0 radical (unpaired) electrons. The molecule has 4 heteroatoms. The second-order valence-corrected chi connectivity index (χ2v) is 6.42. The first-order valence-electron chi connectivity index (χ1n) is 7.55. The third-order valence-electron chi connectivity index (χ3n) is 4.16. The van der Waals surface area contributed by atoms with Crippen LogP contribution in [0.5, 0.6) is 0 Å². The van der Waals surface area contributed by atoms with E-state index in [2.05, 4.69) is 17.6 Å². The zero-order valence-electron chi connectivity index (χ0n) is 12.0. The average molecular weight is 292 g/mol. The van der Waals surface area contributed by atoms with E-state index in [1.807, 2.05) is 12.1 Å². The third-order valence-corrected chi connectivity index (χ3v) is 4.39. The van der Waals surface area contributed by atoms with E-state index in [1.54, 1.807) is 0 Å². The summed E-state index contributed by atoms with van der Waals surface area (Å²) in [5, 5.41) is 0.794. The molecular weight excluding hydrogens is 270 g/mol. The van der Waals surface area contributed by atoms with Gasteiger partial charge in [0, 0.05) is 17.5 Å². The lowest BCUT2D eigenvalue weighted by Gasteiger charge is -2.11. The Hall–Kier alpha value is -1.06. The van der Waals surface area contributed by atoms with Gasteiger partial charge in [-0.15, -0.1) is 0 Å². The first-order chi connectivity index (χ1) is 9.69. The van der Waals surface area contributed by atoms with Gasteiger partial charge in [-0.3, -0.25) is 0 Å². The smallest absolute Gasteiger partial charge is 0.110 e. The minimum atomic E-state index is 0.637. The largest absolute Gasteiger partial charge is 0.330 e. The van der Waals surface area contributed by atoms with Crippen molar-refractivity contribution in [3.8, 4) is 0 Å². The Morgan fingerprint density at radius 3 is 2.90 bits per heavy atom. The molecule has 108 valence electrons. The van der Waals surface area contributed by atoms with Gasteiger partial charge in [0.2, 0.25) is 0 Å². The van der Waals surface area contributed by atoms with Crippen molar-refractivity contribution in [2.75, 3.05) is 6.54 Å². The summed E-state index contributed by atoms with van der Waals surface area (Å²) < 4.78 is 2.41. The quantitative estimate of drug-likeness (QED) is 0.876. The van der Waals surface area contributed by atoms with Crippen LogP contribution in [0.25, 0.3) is 11.0 Å². The molecule has 20 heavy (non-hydrogen) atoms. The van der Waals surface area contributed by atoms with Crippen LogP contribution in [0.15, 0.2) is 18.2 Å². The van der Waals surface area contributed by atoms with E-state index >= 15 is 0 Å². The summed E-state index contributed by atoms with van der Waals surface area (Å²) >= 11 is 6.14. The lowest BCUT2D eigenvalue weighted by molar-refractivity contribution is 0.487. The highest BCUT2D eigenvalue weighted by atomic mass is 35.5. The van der Waals surface area contributed by atoms with E-state index in [9.17, 15) is 0 Å². The number of halogens is 1. The molecule has 1 fully saturated rings. The first-order valence-corrected chi connectivity index (χ1v) is 7.93. The Labute approximate surface area is 125 Å². The standard InChI is InChI=1S/C16H22ClN3/c1-11(8-9-18)2-7-16-19-14-6-3-12(17)10-15(14)20(16)13-4-5-13/h3,6,10-11,13H,2,4-5,7-9,18H2,1H3. The maximum Gasteiger partial charge on any atom is 0.110 e. The van der Waals surface area contributed by atoms with Crippen molar-refractivity contribution >= 4 is 22.6 Å². The molecule has 2 aromatic rings. The molecule has 1 aliphatic carbocycles. The van der Waals surface area contributed by atoms with Crippen molar-refractivity contribution in [2.45, 2.75) is 45.1 Å². The monoisotopic (exact) mass is 291 g/mol. The number of rotatable bonds is 6. The fourth-order valence-corrected chi connectivity index (χ4v) is 3.00. The number of hydrogen-bond acceptors (Lipinski definition) is 2. The highest BCUT2D eigenvalue weighted by Gasteiger charge is 2.28. The van der Waals surface area contributed by atoms with Crippen LogP contribution in [0.2, 0.25) is 5.02 Å². The van der Waals surface area contributed by atoms with Crippen LogP contribution >= 0.6 is 11.6 Å². The van der Waals surface area contributed by atoms with Gasteiger partial charge in [-0.05, 0) is 56.3 Å². The van der Waals surface area contributed by atoms with E-state index in [0.29, 0.717) is 12.0 Å². The van der Waals surface area contributed by atoms with E-state index in [4.69, 9.17) is 22.3 Å². The fraction of sp³-hybridized carbons (Fsp3) is 0.562. The minimum Gasteiger partial charge on any atom is -0.330 e. The van der Waals surface area contributed by atoms with Crippen molar-refractivity contribution in [2.24, 2.45) is 11.7 Å². The molecule has 0 bridgehead atoms. The van der Waals surface area contributed by atoms with Crippen LogP contribution in [0.1, 0.15) is 44.5 Å². The van der Waals surface area contributed by atoms with Gasteiger partial charge in [0.15, 0.2) is 0 Å². The van der Waals surface area contributed by atoms with E-state index in [1.165, 1.54) is 24.2 Å². The average Bonchev–Trinajstić information content (AvgIpc) is 3.18. The molecule has 1 aliphatic rings. The lowest BCUT2D eigenvalue weighted by Crippen LogP contribution is -2.09. The topological polar surface area (TPSA) is 43.8 Å². The number of aryl methyl sites for hydroxylation is 1. The minimum absolute atomic E-state index is 0.637.